The second-order valence-corrected chi connectivity index (χ2v) is 4.84. The van der Waals surface area contributed by atoms with Crippen LogP contribution in [0.2, 0.25) is 0 Å². The van der Waals surface area contributed by atoms with E-state index >= 15 is 0 Å². The number of nitrogens with one attached hydrogen (secondary N) is 2. The number of aryl methyl sites for hydroxylation is 3. The van der Waals surface area contributed by atoms with E-state index in [0.29, 0.717) is 0 Å². The van der Waals surface area contributed by atoms with Crippen LogP contribution in [-0.4, -0.2) is 15.2 Å². The molecule has 0 aromatic carbocycles. The van der Waals surface area contributed by atoms with Crippen LogP contribution in [0.3, 0.4) is 0 Å². The molecule has 86 valence electrons. The third kappa shape index (κ3) is 2.48. The molecule has 0 aliphatic rings. The summed E-state index contributed by atoms with van der Waals surface area (Å²) >= 11 is 1.70. The minimum Gasteiger partial charge on any atom is -0.306 e. The van der Waals surface area contributed by atoms with Gasteiger partial charge in [-0.15, -0.1) is 11.3 Å². The molecular formula is C11H16N4S. The molecule has 0 saturated carbocycles. The van der Waals surface area contributed by atoms with Gasteiger partial charge in [0.25, 0.3) is 0 Å². The molecule has 0 atom stereocenters. The molecule has 2 N–H and O–H groups in total. The third-order valence-electron chi connectivity index (χ3n) is 2.53. The summed E-state index contributed by atoms with van der Waals surface area (Å²) in [5.41, 5.74) is 4.56. The van der Waals surface area contributed by atoms with E-state index in [1.165, 1.54) is 5.56 Å². The molecule has 0 radical (unpaired) electrons. The molecule has 0 unspecified atom stereocenters. The highest BCUT2D eigenvalue weighted by Gasteiger charge is 2.05. The number of H-pyrrole nitrogens is 1. The highest BCUT2D eigenvalue weighted by molar-refractivity contribution is 7.09. The van der Waals surface area contributed by atoms with Crippen LogP contribution < -0.4 is 5.32 Å². The Labute approximate surface area is 99.1 Å². The van der Waals surface area contributed by atoms with E-state index in [0.717, 1.165) is 35.2 Å². The van der Waals surface area contributed by atoms with Crippen LogP contribution in [0.5, 0.6) is 0 Å². The standard InChI is InChI=1S/C11H16N4S/c1-7-6-16-11(13-7)5-12-4-10-8(2)14-15-9(10)3/h6,12H,4-5H2,1-3H3,(H,14,15). The Hall–Kier alpha value is -1.20. The van der Waals surface area contributed by atoms with Gasteiger partial charge in [-0.2, -0.15) is 5.10 Å². The SMILES string of the molecule is Cc1csc(CNCc2c(C)n[nH]c2C)n1. The molecule has 2 aromatic rings. The van der Waals surface area contributed by atoms with Crippen molar-refractivity contribution in [2.24, 2.45) is 0 Å². The summed E-state index contributed by atoms with van der Waals surface area (Å²) in [5.74, 6) is 0. The van der Waals surface area contributed by atoms with Gasteiger partial charge in [0.2, 0.25) is 0 Å². The van der Waals surface area contributed by atoms with Crippen LogP contribution >= 0.6 is 11.3 Å². The number of aromatic nitrogens is 3. The minimum absolute atomic E-state index is 0.822. The van der Waals surface area contributed by atoms with Gasteiger partial charge >= 0.3 is 0 Å². The van der Waals surface area contributed by atoms with Crippen LogP contribution in [0.15, 0.2) is 5.38 Å². The van der Waals surface area contributed by atoms with Gasteiger partial charge in [-0.25, -0.2) is 4.98 Å². The lowest BCUT2D eigenvalue weighted by Gasteiger charge is -2.02. The smallest absolute Gasteiger partial charge is 0.107 e. The molecule has 5 heteroatoms. The predicted octanol–water partition coefficient (Wildman–Crippen LogP) is 2.08. The number of aromatic amines is 1. The van der Waals surface area contributed by atoms with Crippen LogP contribution in [0.25, 0.3) is 0 Å². The number of nitrogens with zero attached hydrogens (tertiary/aromatic N) is 2. The fraction of sp³-hybridized carbons (Fsp3) is 0.455. The van der Waals surface area contributed by atoms with Crippen molar-refractivity contribution in [1.29, 1.82) is 0 Å². The van der Waals surface area contributed by atoms with Gasteiger partial charge in [-0.1, -0.05) is 0 Å². The van der Waals surface area contributed by atoms with E-state index in [9.17, 15) is 0 Å². The minimum atomic E-state index is 0.822. The quantitative estimate of drug-likeness (QED) is 0.854. The summed E-state index contributed by atoms with van der Waals surface area (Å²) in [6, 6.07) is 0. The van der Waals surface area contributed by atoms with E-state index in [-0.39, 0.29) is 0 Å². The highest BCUT2D eigenvalue weighted by atomic mass is 32.1. The fourth-order valence-electron chi connectivity index (χ4n) is 1.61. The molecule has 0 saturated heterocycles. The van der Waals surface area contributed by atoms with Gasteiger partial charge < -0.3 is 5.32 Å². The van der Waals surface area contributed by atoms with Crippen LogP contribution in [-0.2, 0) is 13.1 Å². The fourth-order valence-corrected chi connectivity index (χ4v) is 2.35. The first-order valence-corrected chi connectivity index (χ1v) is 6.17. The summed E-state index contributed by atoms with van der Waals surface area (Å²) in [4.78, 5) is 4.41. The number of thiazole rings is 1. The topological polar surface area (TPSA) is 53.6 Å². The maximum absolute atomic E-state index is 4.41. The lowest BCUT2D eigenvalue weighted by molar-refractivity contribution is 0.684. The maximum Gasteiger partial charge on any atom is 0.107 e. The van der Waals surface area contributed by atoms with Crippen molar-refractivity contribution in [1.82, 2.24) is 20.5 Å². The average Bonchev–Trinajstić information content (AvgIpc) is 2.78. The maximum atomic E-state index is 4.41. The molecule has 2 aromatic heterocycles. The first kappa shape index (κ1) is 11.3. The van der Waals surface area contributed by atoms with Crippen LogP contribution in [0.4, 0.5) is 0 Å². The second kappa shape index (κ2) is 4.76. The van der Waals surface area contributed by atoms with Crippen molar-refractivity contribution >= 4 is 11.3 Å². The normalized spacial score (nSPS) is 10.9. The molecule has 2 rings (SSSR count). The molecule has 0 bridgehead atoms. The Kier molecular flexibility index (Phi) is 3.36. The molecule has 0 spiro atoms. The summed E-state index contributed by atoms with van der Waals surface area (Å²) in [6.07, 6.45) is 0. The molecule has 0 aliphatic heterocycles. The van der Waals surface area contributed by atoms with Crippen molar-refractivity contribution < 1.29 is 0 Å². The van der Waals surface area contributed by atoms with Crippen molar-refractivity contribution in [2.75, 3.05) is 0 Å². The van der Waals surface area contributed by atoms with Crippen LogP contribution in [0, 0.1) is 20.8 Å². The van der Waals surface area contributed by atoms with E-state index in [1.807, 2.05) is 20.8 Å². The van der Waals surface area contributed by atoms with Gasteiger partial charge in [0, 0.05) is 35.4 Å². The Bertz CT molecular complexity index is 453. The lowest BCUT2D eigenvalue weighted by atomic mass is 10.2. The van der Waals surface area contributed by atoms with Gasteiger partial charge in [0.05, 0.1) is 5.69 Å². The first-order chi connectivity index (χ1) is 7.66. The summed E-state index contributed by atoms with van der Waals surface area (Å²) < 4.78 is 0. The lowest BCUT2D eigenvalue weighted by Crippen LogP contribution is -2.13. The van der Waals surface area contributed by atoms with Crippen LogP contribution in [0.1, 0.15) is 27.7 Å². The molecule has 0 aliphatic carbocycles. The van der Waals surface area contributed by atoms with E-state index < -0.39 is 0 Å². The largest absolute Gasteiger partial charge is 0.306 e. The molecule has 0 fully saturated rings. The van der Waals surface area contributed by atoms with Gasteiger partial charge in [-0.3, -0.25) is 5.10 Å². The summed E-state index contributed by atoms with van der Waals surface area (Å²) in [5, 5.41) is 13.8. The first-order valence-electron chi connectivity index (χ1n) is 5.29. The molecular weight excluding hydrogens is 220 g/mol. The summed E-state index contributed by atoms with van der Waals surface area (Å²) in [7, 11) is 0. The predicted molar refractivity (Wildman–Crippen MR) is 65.5 cm³/mol. The van der Waals surface area contributed by atoms with Crippen molar-refractivity contribution in [3.05, 3.63) is 33.0 Å². The monoisotopic (exact) mass is 236 g/mol. The van der Waals surface area contributed by atoms with E-state index in [2.05, 4.69) is 25.9 Å². The Morgan fingerprint density at radius 3 is 2.69 bits per heavy atom. The van der Waals surface area contributed by atoms with E-state index in [1.54, 1.807) is 11.3 Å². The van der Waals surface area contributed by atoms with E-state index in [4.69, 9.17) is 0 Å². The zero-order chi connectivity index (χ0) is 11.5. The second-order valence-electron chi connectivity index (χ2n) is 3.90. The number of hydrogen-bond donors (Lipinski definition) is 2. The van der Waals surface area contributed by atoms with Gasteiger partial charge in [-0.05, 0) is 20.8 Å². The zero-order valence-corrected chi connectivity index (χ0v) is 10.6. The number of rotatable bonds is 4. The van der Waals surface area contributed by atoms with Gasteiger partial charge in [0.15, 0.2) is 0 Å². The molecule has 0 amide bonds. The Morgan fingerprint density at radius 2 is 2.12 bits per heavy atom. The molecule has 2 heterocycles. The zero-order valence-electron chi connectivity index (χ0n) is 9.79. The van der Waals surface area contributed by atoms with Crippen molar-refractivity contribution in [3.8, 4) is 0 Å². The van der Waals surface area contributed by atoms with Gasteiger partial charge in [0.1, 0.15) is 5.01 Å². The molecule has 4 nitrogen and oxygen atoms in total. The summed E-state index contributed by atoms with van der Waals surface area (Å²) in [6.45, 7) is 7.75. The number of hydrogen-bond acceptors (Lipinski definition) is 4. The third-order valence-corrected chi connectivity index (χ3v) is 3.49. The Morgan fingerprint density at radius 1 is 1.31 bits per heavy atom. The molecule has 16 heavy (non-hydrogen) atoms. The average molecular weight is 236 g/mol. The highest BCUT2D eigenvalue weighted by Crippen LogP contribution is 2.11. The Balaban J connectivity index is 1.89. The van der Waals surface area contributed by atoms with Crippen molar-refractivity contribution in [2.45, 2.75) is 33.9 Å². The van der Waals surface area contributed by atoms with Crippen molar-refractivity contribution in [3.63, 3.8) is 0 Å².